The number of rotatable bonds is 3. The standard InChI is InChI=1S/C11H18N6O3/c1-11(2,3)8(15-20-10(18)12-4)9(16-19-5)17-7-13-6-14-17/h6-7H,1-5H3,(H,12,18). The molecule has 1 rings (SSSR count). The van der Waals surface area contributed by atoms with Crippen molar-refractivity contribution in [1.82, 2.24) is 20.1 Å². The summed E-state index contributed by atoms with van der Waals surface area (Å²) in [5.41, 5.74) is -0.0782. The average molecular weight is 282 g/mol. The van der Waals surface area contributed by atoms with Crippen molar-refractivity contribution in [2.45, 2.75) is 20.8 Å². The van der Waals surface area contributed by atoms with E-state index < -0.39 is 11.5 Å². The molecule has 0 aliphatic rings. The molecule has 0 saturated heterocycles. The van der Waals surface area contributed by atoms with Gasteiger partial charge in [-0.2, -0.15) is 9.78 Å². The molecule has 0 unspecified atom stereocenters. The summed E-state index contributed by atoms with van der Waals surface area (Å²) >= 11 is 0. The fraction of sp³-hybridized carbons (Fsp3) is 0.545. The van der Waals surface area contributed by atoms with Crippen molar-refractivity contribution in [3.63, 3.8) is 0 Å². The zero-order valence-corrected chi connectivity index (χ0v) is 12.1. The lowest BCUT2D eigenvalue weighted by molar-refractivity contribution is 0.152. The van der Waals surface area contributed by atoms with Crippen molar-refractivity contribution in [3.8, 4) is 0 Å². The van der Waals surface area contributed by atoms with Gasteiger partial charge in [-0.05, 0) is 0 Å². The Balaban J connectivity index is 3.21. The lowest BCUT2D eigenvalue weighted by atomic mass is 9.89. The second kappa shape index (κ2) is 6.64. The highest BCUT2D eigenvalue weighted by Gasteiger charge is 2.28. The summed E-state index contributed by atoms with van der Waals surface area (Å²) < 4.78 is 1.38. The van der Waals surface area contributed by atoms with Crippen LogP contribution in [0.4, 0.5) is 4.79 Å². The maximum absolute atomic E-state index is 11.2. The Morgan fingerprint density at radius 1 is 1.35 bits per heavy atom. The van der Waals surface area contributed by atoms with Crippen LogP contribution in [0.1, 0.15) is 20.8 Å². The zero-order valence-electron chi connectivity index (χ0n) is 12.1. The molecule has 0 aliphatic carbocycles. The summed E-state index contributed by atoms with van der Waals surface area (Å²) in [7, 11) is 2.84. The van der Waals surface area contributed by atoms with Crippen LogP contribution in [0.15, 0.2) is 23.0 Å². The molecule has 0 spiro atoms. The molecule has 1 aromatic heterocycles. The number of amides is 1. The molecule has 0 saturated carbocycles. The van der Waals surface area contributed by atoms with Gasteiger partial charge in [-0.25, -0.2) is 9.78 Å². The first-order valence-electron chi connectivity index (χ1n) is 5.84. The summed E-state index contributed by atoms with van der Waals surface area (Å²) in [6.07, 6.45) is 2.12. The fourth-order valence-electron chi connectivity index (χ4n) is 1.24. The van der Waals surface area contributed by atoms with Crippen molar-refractivity contribution in [1.29, 1.82) is 0 Å². The SMILES string of the molecule is CNC(=O)ON=C(C(=NOC)n1cncn1)C(C)(C)C. The fourth-order valence-corrected chi connectivity index (χ4v) is 1.24. The van der Waals surface area contributed by atoms with Gasteiger partial charge in [0.2, 0.25) is 5.84 Å². The number of hydrogen-bond acceptors (Lipinski definition) is 7. The third-order valence-electron chi connectivity index (χ3n) is 2.16. The van der Waals surface area contributed by atoms with Crippen molar-refractivity contribution in [3.05, 3.63) is 12.7 Å². The van der Waals surface area contributed by atoms with E-state index in [2.05, 4.69) is 25.7 Å². The van der Waals surface area contributed by atoms with Crippen LogP contribution in [0.2, 0.25) is 0 Å². The molecule has 9 heteroatoms. The van der Waals surface area contributed by atoms with Crippen molar-refractivity contribution in [2.24, 2.45) is 15.7 Å². The van der Waals surface area contributed by atoms with Gasteiger partial charge >= 0.3 is 6.09 Å². The first kappa shape index (κ1) is 15.6. The molecule has 0 fully saturated rings. The molecule has 110 valence electrons. The van der Waals surface area contributed by atoms with E-state index >= 15 is 0 Å². The Hall–Kier alpha value is -2.45. The summed E-state index contributed by atoms with van der Waals surface area (Å²) in [6.45, 7) is 5.67. The molecule has 1 aromatic rings. The minimum Gasteiger partial charge on any atom is -0.397 e. The van der Waals surface area contributed by atoms with Crippen molar-refractivity contribution >= 4 is 17.6 Å². The maximum Gasteiger partial charge on any atom is 0.433 e. The molecular formula is C11H18N6O3. The molecule has 0 aromatic carbocycles. The normalized spacial score (nSPS) is 13.1. The molecule has 0 radical (unpaired) electrons. The smallest absolute Gasteiger partial charge is 0.397 e. The van der Waals surface area contributed by atoms with E-state index in [1.54, 1.807) is 0 Å². The van der Waals surface area contributed by atoms with Gasteiger partial charge in [0, 0.05) is 12.5 Å². The number of nitrogens with zero attached hydrogens (tertiary/aromatic N) is 5. The highest BCUT2D eigenvalue weighted by Crippen LogP contribution is 2.18. The van der Waals surface area contributed by atoms with E-state index in [0.29, 0.717) is 5.71 Å². The summed E-state index contributed by atoms with van der Waals surface area (Å²) in [5, 5.41) is 14.0. The minimum absolute atomic E-state index is 0.279. The molecular weight excluding hydrogens is 264 g/mol. The van der Waals surface area contributed by atoms with Gasteiger partial charge in [0.25, 0.3) is 0 Å². The number of carbonyl (C=O) groups excluding carboxylic acids is 1. The third kappa shape index (κ3) is 4.04. The number of aromatic nitrogens is 3. The number of hydrogen-bond donors (Lipinski definition) is 1. The van der Waals surface area contributed by atoms with Gasteiger partial charge in [-0.15, -0.1) is 0 Å². The molecule has 0 bridgehead atoms. The quantitative estimate of drug-likeness (QED) is 0.383. The molecule has 1 heterocycles. The molecule has 1 N–H and O–H groups in total. The lowest BCUT2D eigenvalue weighted by Crippen LogP contribution is -2.35. The maximum atomic E-state index is 11.2. The Labute approximate surface area is 116 Å². The number of carbonyl (C=O) groups is 1. The Morgan fingerprint density at radius 3 is 2.50 bits per heavy atom. The molecule has 9 nitrogen and oxygen atoms in total. The average Bonchev–Trinajstić information content (AvgIpc) is 2.89. The molecule has 20 heavy (non-hydrogen) atoms. The number of nitrogens with one attached hydrogen (secondary N) is 1. The van der Waals surface area contributed by atoms with Gasteiger partial charge in [0.15, 0.2) is 0 Å². The van der Waals surface area contributed by atoms with Gasteiger partial charge in [-0.1, -0.05) is 31.1 Å². The Kier molecular flexibility index (Phi) is 5.18. The van der Waals surface area contributed by atoms with Gasteiger partial charge in [0.05, 0.1) is 0 Å². The molecule has 1 amide bonds. The predicted molar refractivity (Wildman–Crippen MR) is 72.3 cm³/mol. The topological polar surface area (TPSA) is 103 Å². The van der Waals surface area contributed by atoms with Crippen LogP contribution in [0.25, 0.3) is 0 Å². The second-order valence-corrected chi connectivity index (χ2v) is 4.76. The largest absolute Gasteiger partial charge is 0.433 e. The van der Waals surface area contributed by atoms with E-state index in [9.17, 15) is 4.79 Å². The van der Waals surface area contributed by atoms with Crippen LogP contribution >= 0.6 is 0 Å². The highest BCUT2D eigenvalue weighted by atomic mass is 16.7. The monoisotopic (exact) mass is 282 g/mol. The van der Waals surface area contributed by atoms with Crippen molar-refractivity contribution in [2.75, 3.05) is 14.2 Å². The van der Waals surface area contributed by atoms with E-state index in [4.69, 9.17) is 9.68 Å². The van der Waals surface area contributed by atoms with E-state index in [-0.39, 0.29) is 5.84 Å². The second-order valence-electron chi connectivity index (χ2n) is 4.76. The van der Waals surface area contributed by atoms with E-state index in [0.717, 1.165) is 0 Å². The minimum atomic E-state index is -0.679. The molecule has 0 atom stereocenters. The van der Waals surface area contributed by atoms with Gasteiger partial charge in [0.1, 0.15) is 25.5 Å². The van der Waals surface area contributed by atoms with E-state index in [1.165, 1.54) is 31.5 Å². The van der Waals surface area contributed by atoms with Crippen LogP contribution in [-0.4, -0.2) is 46.6 Å². The summed E-state index contributed by atoms with van der Waals surface area (Å²) in [4.78, 5) is 24.6. The van der Waals surface area contributed by atoms with Crippen LogP contribution in [0.5, 0.6) is 0 Å². The summed E-state index contributed by atoms with van der Waals surface area (Å²) in [5.74, 6) is 0.279. The third-order valence-corrected chi connectivity index (χ3v) is 2.16. The van der Waals surface area contributed by atoms with Crippen LogP contribution < -0.4 is 5.32 Å². The molecule has 0 aliphatic heterocycles. The van der Waals surface area contributed by atoms with Crippen LogP contribution in [-0.2, 0) is 9.68 Å². The first-order chi connectivity index (χ1) is 9.40. The Bertz CT molecular complexity index is 501. The van der Waals surface area contributed by atoms with Crippen molar-refractivity contribution < 1.29 is 14.5 Å². The van der Waals surface area contributed by atoms with Crippen LogP contribution in [0, 0.1) is 5.41 Å². The van der Waals surface area contributed by atoms with Gasteiger partial charge in [-0.3, -0.25) is 4.84 Å². The first-order valence-corrected chi connectivity index (χ1v) is 5.84. The highest BCUT2D eigenvalue weighted by molar-refractivity contribution is 6.43. The van der Waals surface area contributed by atoms with Gasteiger partial charge < -0.3 is 10.2 Å². The summed E-state index contributed by atoms with van der Waals surface area (Å²) in [6, 6.07) is 0. The van der Waals surface area contributed by atoms with Crippen LogP contribution in [0.3, 0.4) is 0 Å². The Morgan fingerprint density at radius 2 is 2.05 bits per heavy atom. The number of oxime groups is 2. The van der Waals surface area contributed by atoms with E-state index in [1.807, 2.05) is 20.8 Å². The lowest BCUT2D eigenvalue weighted by Gasteiger charge is -2.20. The zero-order chi connectivity index (χ0) is 15.2. The predicted octanol–water partition coefficient (Wildman–Crippen LogP) is 0.844.